The van der Waals surface area contributed by atoms with Crippen molar-refractivity contribution in [3.8, 4) is 0 Å². The minimum Gasteiger partial charge on any atom is -0.322 e. The molecule has 0 bridgehead atoms. The minimum atomic E-state index is -3.83. The second-order valence-electron chi connectivity index (χ2n) is 8.40. The van der Waals surface area contributed by atoms with Gasteiger partial charge in [-0.3, -0.25) is 14.2 Å². The first-order valence-electron chi connectivity index (χ1n) is 11.2. The number of benzene rings is 4. The molecule has 4 aromatic carbocycles. The number of carbonyl (C=O) groups is 1. The van der Waals surface area contributed by atoms with Gasteiger partial charge in [-0.05, 0) is 85.6 Å². The number of nitrogens with one attached hydrogen (secondary N) is 3. The summed E-state index contributed by atoms with van der Waals surface area (Å²) in [5.41, 5.74) is 2.91. The zero-order valence-corrected chi connectivity index (χ0v) is 21.7. The molecule has 190 valence electrons. The molecule has 0 atom stereocenters. The smallest absolute Gasteiger partial charge is 0.261 e. The standard InChI is InChI=1S/C27H25N3O5S2/c1-19-7-6-8-23(17-19)29-36(32,33)25-15-13-22(14-16-25)28-27(31)21-12-11-20(2)26(18-21)30-37(34,35)24-9-4-3-5-10-24/h3-18,29-30H,1-2H3,(H,28,31). The minimum absolute atomic E-state index is 0.0416. The van der Waals surface area contributed by atoms with Crippen LogP contribution >= 0.6 is 0 Å². The van der Waals surface area contributed by atoms with E-state index < -0.39 is 26.0 Å². The first kappa shape index (κ1) is 25.9. The summed E-state index contributed by atoms with van der Waals surface area (Å²) in [4.78, 5) is 13.0. The van der Waals surface area contributed by atoms with Gasteiger partial charge in [0.2, 0.25) is 0 Å². The van der Waals surface area contributed by atoms with E-state index in [0.717, 1.165) is 5.56 Å². The molecule has 0 aromatic heterocycles. The summed E-state index contributed by atoms with van der Waals surface area (Å²) in [7, 11) is -7.63. The van der Waals surface area contributed by atoms with Crippen molar-refractivity contribution in [1.82, 2.24) is 0 Å². The molecule has 0 radical (unpaired) electrons. The third-order valence-electron chi connectivity index (χ3n) is 5.49. The molecule has 0 aliphatic heterocycles. The lowest BCUT2D eigenvalue weighted by molar-refractivity contribution is 0.102. The number of hydrogen-bond acceptors (Lipinski definition) is 5. The highest BCUT2D eigenvalue weighted by atomic mass is 32.2. The number of amides is 1. The lowest BCUT2D eigenvalue weighted by atomic mass is 10.1. The van der Waals surface area contributed by atoms with Crippen molar-refractivity contribution in [3.63, 3.8) is 0 Å². The second-order valence-corrected chi connectivity index (χ2v) is 11.8. The van der Waals surface area contributed by atoms with Crippen LogP contribution in [0.15, 0.2) is 107 Å². The van der Waals surface area contributed by atoms with Gasteiger partial charge in [-0.1, -0.05) is 36.4 Å². The molecule has 0 aliphatic carbocycles. The molecule has 8 nitrogen and oxygen atoms in total. The van der Waals surface area contributed by atoms with E-state index in [0.29, 0.717) is 16.9 Å². The lowest BCUT2D eigenvalue weighted by Gasteiger charge is -2.13. The third-order valence-corrected chi connectivity index (χ3v) is 8.27. The van der Waals surface area contributed by atoms with Crippen LogP contribution in [0.5, 0.6) is 0 Å². The fourth-order valence-corrected chi connectivity index (χ4v) is 5.71. The maximum atomic E-state index is 12.8. The zero-order valence-electron chi connectivity index (χ0n) is 20.1. The Morgan fingerprint density at radius 1 is 0.622 bits per heavy atom. The molecule has 0 aliphatic rings. The molecule has 3 N–H and O–H groups in total. The van der Waals surface area contributed by atoms with E-state index in [4.69, 9.17) is 0 Å². The van der Waals surface area contributed by atoms with Crippen LogP contribution in [0.4, 0.5) is 17.1 Å². The molecule has 0 unspecified atom stereocenters. The van der Waals surface area contributed by atoms with Gasteiger partial charge in [-0.2, -0.15) is 0 Å². The number of rotatable bonds is 8. The van der Waals surface area contributed by atoms with Crippen molar-refractivity contribution < 1.29 is 21.6 Å². The molecule has 37 heavy (non-hydrogen) atoms. The van der Waals surface area contributed by atoms with Gasteiger partial charge in [0.25, 0.3) is 26.0 Å². The zero-order chi connectivity index (χ0) is 26.6. The topological polar surface area (TPSA) is 121 Å². The van der Waals surface area contributed by atoms with Crippen LogP contribution in [0.2, 0.25) is 0 Å². The Balaban J connectivity index is 1.48. The summed E-state index contributed by atoms with van der Waals surface area (Å²) >= 11 is 0. The van der Waals surface area contributed by atoms with E-state index in [2.05, 4.69) is 14.8 Å². The Morgan fingerprint density at radius 2 is 1.27 bits per heavy atom. The van der Waals surface area contributed by atoms with Gasteiger partial charge in [0.1, 0.15) is 0 Å². The van der Waals surface area contributed by atoms with Crippen LogP contribution < -0.4 is 14.8 Å². The molecule has 10 heteroatoms. The van der Waals surface area contributed by atoms with Crippen molar-refractivity contribution in [1.29, 1.82) is 0 Å². The van der Waals surface area contributed by atoms with Crippen LogP contribution in [0.25, 0.3) is 0 Å². The molecule has 1 amide bonds. The largest absolute Gasteiger partial charge is 0.322 e. The molecule has 0 saturated heterocycles. The predicted molar refractivity (Wildman–Crippen MR) is 145 cm³/mol. The van der Waals surface area contributed by atoms with Crippen molar-refractivity contribution in [3.05, 3.63) is 114 Å². The number of anilines is 3. The summed E-state index contributed by atoms with van der Waals surface area (Å²) in [6.07, 6.45) is 0. The monoisotopic (exact) mass is 535 g/mol. The highest BCUT2D eigenvalue weighted by molar-refractivity contribution is 7.93. The van der Waals surface area contributed by atoms with Crippen molar-refractivity contribution in [2.75, 3.05) is 14.8 Å². The molecule has 0 spiro atoms. The molecule has 0 saturated carbocycles. The molecule has 4 aromatic rings. The van der Waals surface area contributed by atoms with Crippen molar-refractivity contribution >= 4 is 43.0 Å². The van der Waals surface area contributed by atoms with E-state index in [1.54, 1.807) is 55.5 Å². The average Bonchev–Trinajstić information content (AvgIpc) is 2.86. The number of aryl methyl sites for hydroxylation is 2. The first-order chi connectivity index (χ1) is 17.5. The maximum absolute atomic E-state index is 12.8. The quantitative estimate of drug-likeness (QED) is 0.288. The van der Waals surface area contributed by atoms with Gasteiger partial charge < -0.3 is 5.32 Å². The Kier molecular flexibility index (Phi) is 7.33. The Morgan fingerprint density at radius 3 is 1.95 bits per heavy atom. The van der Waals surface area contributed by atoms with Gasteiger partial charge in [-0.25, -0.2) is 16.8 Å². The Hall–Kier alpha value is -4.15. The summed E-state index contributed by atoms with van der Waals surface area (Å²) in [6.45, 7) is 3.60. The summed E-state index contributed by atoms with van der Waals surface area (Å²) < 4.78 is 55.9. The highest BCUT2D eigenvalue weighted by Crippen LogP contribution is 2.23. The van der Waals surface area contributed by atoms with E-state index in [-0.39, 0.29) is 21.0 Å². The fourth-order valence-electron chi connectivity index (χ4n) is 3.52. The van der Waals surface area contributed by atoms with E-state index >= 15 is 0 Å². The Labute approximate surface area is 216 Å². The lowest BCUT2D eigenvalue weighted by Crippen LogP contribution is -2.16. The van der Waals surface area contributed by atoms with Crippen LogP contribution in [-0.4, -0.2) is 22.7 Å². The molecular formula is C27H25N3O5S2. The van der Waals surface area contributed by atoms with Gasteiger partial charge in [0.05, 0.1) is 15.5 Å². The molecular weight excluding hydrogens is 510 g/mol. The number of hydrogen-bond donors (Lipinski definition) is 3. The fraction of sp³-hybridized carbons (Fsp3) is 0.0741. The molecule has 0 heterocycles. The van der Waals surface area contributed by atoms with Gasteiger partial charge in [0, 0.05) is 16.9 Å². The van der Waals surface area contributed by atoms with Crippen LogP contribution in [-0.2, 0) is 20.0 Å². The number of sulfonamides is 2. The van der Waals surface area contributed by atoms with Crippen molar-refractivity contribution in [2.45, 2.75) is 23.6 Å². The number of carbonyl (C=O) groups excluding carboxylic acids is 1. The summed E-state index contributed by atoms with van der Waals surface area (Å²) in [6, 6.07) is 25.4. The predicted octanol–water partition coefficient (Wildman–Crippen LogP) is 5.16. The van der Waals surface area contributed by atoms with E-state index in [9.17, 15) is 21.6 Å². The third kappa shape index (κ3) is 6.35. The second kappa shape index (κ2) is 10.5. The summed E-state index contributed by atoms with van der Waals surface area (Å²) in [5.74, 6) is -0.478. The van der Waals surface area contributed by atoms with Gasteiger partial charge >= 0.3 is 0 Å². The van der Waals surface area contributed by atoms with Crippen molar-refractivity contribution in [2.24, 2.45) is 0 Å². The Bertz CT molecular complexity index is 1650. The SMILES string of the molecule is Cc1cccc(NS(=O)(=O)c2ccc(NC(=O)c3ccc(C)c(NS(=O)(=O)c4ccccc4)c3)cc2)c1. The first-order valence-corrected chi connectivity index (χ1v) is 14.2. The van der Waals surface area contributed by atoms with Crippen LogP contribution in [0, 0.1) is 13.8 Å². The molecule has 4 rings (SSSR count). The highest BCUT2D eigenvalue weighted by Gasteiger charge is 2.17. The van der Waals surface area contributed by atoms with Crippen LogP contribution in [0.3, 0.4) is 0 Å². The average molecular weight is 536 g/mol. The molecule has 0 fully saturated rings. The van der Waals surface area contributed by atoms with Gasteiger partial charge in [0.15, 0.2) is 0 Å². The van der Waals surface area contributed by atoms with E-state index in [1.807, 2.05) is 13.0 Å². The normalized spacial score (nSPS) is 11.5. The van der Waals surface area contributed by atoms with Crippen LogP contribution in [0.1, 0.15) is 21.5 Å². The maximum Gasteiger partial charge on any atom is 0.261 e. The summed E-state index contributed by atoms with van der Waals surface area (Å²) in [5, 5.41) is 2.70. The van der Waals surface area contributed by atoms with Gasteiger partial charge in [-0.15, -0.1) is 0 Å². The van der Waals surface area contributed by atoms with E-state index in [1.165, 1.54) is 42.5 Å².